The molecule has 2 aromatic carbocycles. The lowest BCUT2D eigenvalue weighted by atomic mass is 10.1. The Bertz CT molecular complexity index is 1460. The van der Waals surface area contributed by atoms with Crippen molar-refractivity contribution in [2.24, 2.45) is 0 Å². The number of benzene rings is 2. The highest BCUT2D eigenvalue weighted by atomic mass is 32.2. The maximum absolute atomic E-state index is 12.4. The van der Waals surface area contributed by atoms with E-state index in [-0.39, 0.29) is 23.0 Å². The lowest BCUT2D eigenvalue weighted by molar-refractivity contribution is -0.332. The summed E-state index contributed by atoms with van der Waals surface area (Å²) in [6.07, 6.45) is -1.46. The molecule has 6 N–H and O–H groups in total. The van der Waals surface area contributed by atoms with E-state index >= 15 is 0 Å². The second-order valence-electron chi connectivity index (χ2n) is 8.37. The number of nitrogen functional groups attached to an aromatic ring is 1. The van der Waals surface area contributed by atoms with Crippen molar-refractivity contribution in [2.45, 2.75) is 36.6 Å². The van der Waals surface area contributed by atoms with Crippen molar-refractivity contribution >= 4 is 15.7 Å². The highest BCUT2D eigenvalue weighted by Gasteiger charge is 2.20. The van der Waals surface area contributed by atoms with Gasteiger partial charge in [0.05, 0.1) is 22.0 Å². The van der Waals surface area contributed by atoms with Gasteiger partial charge in [-0.25, -0.2) is 23.7 Å². The van der Waals surface area contributed by atoms with E-state index in [1.54, 1.807) is 56.3 Å². The Hall–Kier alpha value is -3.68. The Balaban J connectivity index is 1.57. The second kappa shape index (κ2) is 9.76. The molecule has 0 fully saturated rings. The van der Waals surface area contributed by atoms with Crippen LogP contribution in [0.25, 0.3) is 34.0 Å². The molecule has 2 aromatic heterocycles. The van der Waals surface area contributed by atoms with Crippen LogP contribution in [0.15, 0.2) is 70.2 Å². The molecular weight excluding hydrogens is 486 g/mol. The standard InChI is InChI=1S/C24H25N5O6S/c1-14(2)36(33,34)18-9-7-17(8-10-18)20-13-26-23(25)22(28-20)21-11-19(29-35-21)16-5-3-15(4-6-16)12-27-24(30,31)32/h3-11,13-14,27,30-32H,12H2,1-2H3,(H2,25,26). The van der Waals surface area contributed by atoms with Gasteiger partial charge in [0.1, 0.15) is 5.69 Å². The van der Waals surface area contributed by atoms with Gasteiger partial charge >= 0.3 is 6.10 Å². The van der Waals surface area contributed by atoms with Crippen molar-refractivity contribution in [1.29, 1.82) is 0 Å². The van der Waals surface area contributed by atoms with Gasteiger partial charge in [-0.3, -0.25) is 0 Å². The Morgan fingerprint density at radius 3 is 2.22 bits per heavy atom. The lowest BCUT2D eigenvalue weighted by Gasteiger charge is -2.15. The van der Waals surface area contributed by atoms with E-state index < -0.39 is 21.2 Å². The molecule has 188 valence electrons. The monoisotopic (exact) mass is 511 g/mol. The molecule has 0 aliphatic heterocycles. The summed E-state index contributed by atoms with van der Waals surface area (Å²) in [5.74, 6) is 0.439. The Labute approximate surface area is 207 Å². The third kappa shape index (κ3) is 5.58. The number of aliphatic hydroxyl groups is 3. The molecule has 36 heavy (non-hydrogen) atoms. The number of rotatable bonds is 8. The Morgan fingerprint density at radius 1 is 1.00 bits per heavy atom. The summed E-state index contributed by atoms with van der Waals surface area (Å²) in [5.41, 5.74) is 9.40. The van der Waals surface area contributed by atoms with Gasteiger partial charge in [-0.1, -0.05) is 41.6 Å². The van der Waals surface area contributed by atoms with E-state index in [2.05, 4.69) is 20.4 Å². The molecule has 0 aliphatic rings. The van der Waals surface area contributed by atoms with Crippen LogP contribution < -0.4 is 11.1 Å². The Morgan fingerprint density at radius 2 is 1.61 bits per heavy atom. The number of aromatic nitrogens is 3. The number of nitrogens with zero attached hydrogens (tertiary/aromatic N) is 3. The van der Waals surface area contributed by atoms with E-state index in [4.69, 9.17) is 25.6 Å². The minimum atomic E-state index is -3.39. The van der Waals surface area contributed by atoms with Crippen molar-refractivity contribution in [3.63, 3.8) is 0 Å². The summed E-state index contributed by atoms with van der Waals surface area (Å²) < 4.78 is 30.2. The average Bonchev–Trinajstić information content (AvgIpc) is 3.33. The summed E-state index contributed by atoms with van der Waals surface area (Å²) >= 11 is 0. The fourth-order valence-electron chi connectivity index (χ4n) is 3.34. The Kier molecular flexibility index (Phi) is 6.89. The fourth-order valence-corrected chi connectivity index (χ4v) is 4.40. The highest BCUT2D eigenvalue weighted by molar-refractivity contribution is 7.92. The van der Waals surface area contributed by atoms with Crippen LogP contribution in [0.1, 0.15) is 19.4 Å². The summed E-state index contributed by atoms with van der Waals surface area (Å²) in [6, 6.07) is 15.0. The lowest BCUT2D eigenvalue weighted by Crippen LogP contribution is -2.44. The zero-order chi connectivity index (χ0) is 26.1. The number of nitrogens with two attached hydrogens (primary N) is 1. The van der Waals surface area contributed by atoms with Gasteiger partial charge < -0.3 is 25.6 Å². The van der Waals surface area contributed by atoms with Gasteiger partial charge in [0, 0.05) is 23.7 Å². The van der Waals surface area contributed by atoms with Crippen LogP contribution in [0.4, 0.5) is 5.82 Å². The molecule has 11 nitrogen and oxygen atoms in total. The van der Waals surface area contributed by atoms with E-state index in [9.17, 15) is 8.42 Å². The largest absolute Gasteiger partial charge is 0.382 e. The summed E-state index contributed by atoms with van der Waals surface area (Å²) in [6.45, 7) is 3.29. The van der Waals surface area contributed by atoms with Crippen molar-refractivity contribution in [1.82, 2.24) is 20.4 Å². The average molecular weight is 512 g/mol. The van der Waals surface area contributed by atoms with Crippen molar-refractivity contribution in [2.75, 3.05) is 5.73 Å². The number of hydrogen-bond acceptors (Lipinski definition) is 11. The molecule has 12 heteroatoms. The number of nitrogens with one attached hydrogen (secondary N) is 1. The van der Waals surface area contributed by atoms with Gasteiger partial charge in [0.25, 0.3) is 0 Å². The molecule has 4 rings (SSSR count). The first kappa shape index (κ1) is 25.4. The number of hydrogen-bond donors (Lipinski definition) is 5. The number of sulfone groups is 1. The maximum atomic E-state index is 12.4. The molecule has 0 atom stereocenters. The van der Waals surface area contributed by atoms with Crippen LogP contribution in [-0.2, 0) is 16.4 Å². The molecule has 0 aliphatic carbocycles. The van der Waals surface area contributed by atoms with Crippen LogP contribution >= 0.6 is 0 Å². The molecule has 0 amide bonds. The van der Waals surface area contributed by atoms with E-state index in [0.29, 0.717) is 28.3 Å². The first-order valence-electron chi connectivity index (χ1n) is 10.9. The smallest absolute Gasteiger partial charge is 0.343 e. The minimum Gasteiger partial charge on any atom is -0.382 e. The molecule has 0 saturated carbocycles. The van der Waals surface area contributed by atoms with Crippen LogP contribution in [0.5, 0.6) is 0 Å². The molecule has 0 bridgehead atoms. The third-order valence-electron chi connectivity index (χ3n) is 5.42. The highest BCUT2D eigenvalue weighted by Crippen LogP contribution is 2.30. The normalized spacial score (nSPS) is 12.3. The molecule has 4 aromatic rings. The second-order valence-corrected chi connectivity index (χ2v) is 10.9. The first-order valence-corrected chi connectivity index (χ1v) is 12.4. The quantitative estimate of drug-likeness (QED) is 0.218. The van der Waals surface area contributed by atoms with Gasteiger partial charge in [0.2, 0.25) is 0 Å². The van der Waals surface area contributed by atoms with Gasteiger partial charge in [0.15, 0.2) is 27.1 Å². The van der Waals surface area contributed by atoms with Gasteiger partial charge in [-0.05, 0) is 31.5 Å². The van der Waals surface area contributed by atoms with Crippen molar-refractivity contribution in [3.8, 4) is 34.0 Å². The first-order chi connectivity index (χ1) is 16.9. The predicted octanol–water partition coefficient (Wildman–Crippen LogP) is 1.91. The van der Waals surface area contributed by atoms with Crippen LogP contribution in [0.3, 0.4) is 0 Å². The van der Waals surface area contributed by atoms with Gasteiger partial charge in [-0.2, -0.15) is 0 Å². The zero-order valence-electron chi connectivity index (χ0n) is 19.5. The van der Waals surface area contributed by atoms with Gasteiger partial charge in [-0.15, -0.1) is 0 Å². The summed E-state index contributed by atoms with van der Waals surface area (Å²) in [4.78, 5) is 9.00. The number of anilines is 1. The zero-order valence-corrected chi connectivity index (χ0v) is 20.3. The molecule has 0 radical (unpaired) electrons. The summed E-state index contributed by atoms with van der Waals surface area (Å²) in [5, 5.41) is 32.5. The van der Waals surface area contributed by atoms with Crippen LogP contribution in [0, 0.1) is 0 Å². The van der Waals surface area contributed by atoms with Crippen LogP contribution in [0.2, 0.25) is 0 Å². The molecular formula is C24H25N5O6S. The molecule has 0 spiro atoms. The van der Waals surface area contributed by atoms with E-state index in [0.717, 1.165) is 5.56 Å². The van der Waals surface area contributed by atoms with E-state index in [1.807, 2.05) is 0 Å². The molecule has 0 unspecified atom stereocenters. The fraction of sp³-hybridized carbons (Fsp3) is 0.208. The molecule has 2 heterocycles. The van der Waals surface area contributed by atoms with Crippen molar-refractivity contribution < 1.29 is 28.3 Å². The maximum Gasteiger partial charge on any atom is 0.343 e. The van der Waals surface area contributed by atoms with Crippen LogP contribution in [-0.4, -0.2) is 50.2 Å². The summed E-state index contributed by atoms with van der Waals surface area (Å²) in [7, 11) is -3.39. The van der Waals surface area contributed by atoms with E-state index in [1.165, 1.54) is 18.3 Å². The molecule has 0 saturated heterocycles. The third-order valence-corrected chi connectivity index (χ3v) is 7.59. The van der Waals surface area contributed by atoms with Crippen molar-refractivity contribution in [3.05, 3.63) is 66.4 Å². The SMILES string of the molecule is CC(C)S(=O)(=O)c1ccc(-c2cnc(N)c(-c3cc(-c4ccc(CNC(O)(O)O)cc4)no3)n2)cc1. The topological polar surface area (TPSA) is 185 Å². The minimum absolute atomic E-state index is 0.0249. The predicted molar refractivity (Wildman–Crippen MR) is 131 cm³/mol.